The lowest BCUT2D eigenvalue weighted by molar-refractivity contribution is 0.282. The van der Waals surface area contributed by atoms with E-state index in [-0.39, 0.29) is 0 Å². The minimum absolute atomic E-state index is 0.367. The molecule has 0 saturated carbocycles. The van der Waals surface area contributed by atoms with Crippen molar-refractivity contribution in [1.82, 2.24) is 0 Å². The Morgan fingerprint density at radius 2 is 1.07 bits per heavy atom. The van der Waals surface area contributed by atoms with Crippen LogP contribution >= 0.6 is 0 Å². The van der Waals surface area contributed by atoms with Crippen molar-refractivity contribution in [3.8, 4) is 0 Å². The van der Waals surface area contributed by atoms with Crippen LogP contribution in [0.4, 0.5) is 0 Å². The van der Waals surface area contributed by atoms with Gasteiger partial charge in [0.2, 0.25) is 0 Å². The van der Waals surface area contributed by atoms with Gasteiger partial charge in [-0.05, 0) is 6.42 Å². The molecule has 0 unspecified atom stereocenters. The van der Waals surface area contributed by atoms with Crippen molar-refractivity contribution in [2.45, 2.75) is 79.6 Å². The maximum absolute atomic E-state index is 8.42. The normalized spacial score (nSPS) is 8.14. The molecule has 0 aromatic rings. The number of hydrogen-bond donors (Lipinski definition) is 1. The zero-order valence-electron chi connectivity index (χ0n) is 11.1. The zero-order chi connectivity index (χ0) is 11.7. The summed E-state index contributed by atoms with van der Waals surface area (Å²) in [5.41, 5.74) is 0. The third kappa shape index (κ3) is 40.4. The van der Waals surface area contributed by atoms with E-state index in [1.165, 1.54) is 38.5 Å². The van der Waals surface area contributed by atoms with Crippen LogP contribution in [-0.4, -0.2) is 11.7 Å². The highest BCUT2D eigenvalue weighted by atomic mass is 16.2. The fourth-order valence-corrected chi connectivity index (χ4v) is 0.892. The maximum atomic E-state index is 8.42. The van der Waals surface area contributed by atoms with Gasteiger partial charge >= 0.3 is 0 Å². The molecule has 0 bridgehead atoms. The Labute approximate surface area is 91.9 Å². The van der Waals surface area contributed by atoms with Gasteiger partial charge in [0.15, 0.2) is 0 Å². The highest BCUT2D eigenvalue weighted by molar-refractivity contribution is 4.41. The lowest BCUT2D eigenvalue weighted by Gasteiger charge is -1.95. The van der Waals surface area contributed by atoms with E-state index in [1.54, 1.807) is 0 Å². The average molecular weight is 204 g/mol. The molecule has 90 valence electrons. The molecule has 0 rings (SSSR count). The van der Waals surface area contributed by atoms with Crippen LogP contribution in [0.25, 0.3) is 0 Å². The smallest absolute Gasteiger partial charge is 0.0431 e. The fraction of sp³-hybridized carbons (Fsp3) is 1.00. The first-order valence-electron chi connectivity index (χ1n) is 6.44. The van der Waals surface area contributed by atoms with E-state index in [2.05, 4.69) is 20.8 Å². The Morgan fingerprint density at radius 3 is 1.43 bits per heavy atom. The number of hydrogen-bond acceptors (Lipinski definition) is 1. The van der Waals surface area contributed by atoms with E-state index in [0.717, 1.165) is 6.42 Å². The highest BCUT2D eigenvalue weighted by Crippen LogP contribution is 2.03. The van der Waals surface area contributed by atoms with Crippen molar-refractivity contribution in [2.75, 3.05) is 6.61 Å². The predicted molar refractivity (Wildman–Crippen MR) is 67.8 cm³/mol. The molecule has 0 aliphatic rings. The van der Waals surface area contributed by atoms with Gasteiger partial charge in [-0.1, -0.05) is 73.1 Å². The largest absolute Gasteiger partial charge is 0.396 e. The van der Waals surface area contributed by atoms with Gasteiger partial charge in [0.25, 0.3) is 0 Å². The summed E-state index contributed by atoms with van der Waals surface area (Å²) in [6.07, 6.45) is 8.75. The summed E-state index contributed by atoms with van der Waals surface area (Å²) in [4.78, 5) is 0. The summed E-state index contributed by atoms with van der Waals surface area (Å²) < 4.78 is 0. The Hall–Kier alpha value is -0.0400. The van der Waals surface area contributed by atoms with Crippen molar-refractivity contribution in [3.05, 3.63) is 0 Å². The van der Waals surface area contributed by atoms with Gasteiger partial charge in [-0.3, -0.25) is 0 Å². The Kier molecular flexibility index (Phi) is 40.8. The summed E-state index contributed by atoms with van der Waals surface area (Å²) in [6, 6.07) is 0. The lowest BCUT2D eigenvalue weighted by Crippen LogP contribution is -1.82. The van der Waals surface area contributed by atoms with Gasteiger partial charge in [0.05, 0.1) is 0 Å². The van der Waals surface area contributed by atoms with Crippen molar-refractivity contribution >= 4 is 0 Å². The average Bonchev–Trinajstić information content (AvgIpc) is 2.22. The van der Waals surface area contributed by atoms with Crippen LogP contribution < -0.4 is 0 Å². The summed E-state index contributed by atoms with van der Waals surface area (Å²) >= 11 is 0. The minimum atomic E-state index is 0.367. The summed E-state index contributed by atoms with van der Waals surface area (Å²) in [5, 5.41) is 8.42. The van der Waals surface area contributed by atoms with Crippen LogP contribution in [0.3, 0.4) is 0 Å². The molecule has 0 aromatic carbocycles. The fourth-order valence-electron chi connectivity index (χ4n) is 0.892. The van der Waals surface area contributed by atoms with Crippen LogP contribution in [0.5, 0.6) is 0 Å². The standard InChI is InChI=1S/C8H18O.C3H8.C2H6/c1-2-3-4-5-6-7-8-9;1-3-2;1-2/h9H,2-8H2,1H3;3H2,1-2H3;1-2H3. The molecule has 1 N–H and O–H groups in total. The van der Waals surface area contributed by atoms with Crippen LogP contribution in [0, 0.1) is 0 Å². The van der Waals surface area contributed by atoms with Crippen molar-refractivity contribution < 1.29 is 5.11 Å². The summed E-state index contributed by atoms with van der Waals surface area (Å²) in [5.74, 6) is 0. The Bertz CT molecular complexity index is 47.2. The van der Waals surface area contributed by atoms with Crippen LogP contribution in [0.2, 0.25) is 0 Å². The molecule has 0 heterocycles. The molecule has 0 saturated heterocycles. The molecule has 0 amide bonds. The highest BCUT2D eigenvalue weighted by Gasteiger charge is 1.86. The molecule has 0 aliphatic heterocycles. The van der Waals surface area contributed by atoms with Crippen LogP contribution in [0.1, 0.15) is 79.6 Å². The third-order valence-electron chi connectivity index (χ3n) is 1.51. The third-order valence-corrected chi connectivity index (χ3v) is 1.51. The molecular weight excluding hydrogens is 172 g/mol. The lowest BCUT2D eigenvalue weighted by atomic mass is 10.1. The summed E-state index contributed by atoms with van der Waals surface area (Å²) in [6.45, 7) is 10.8. The minimum Gasteiger partial charge on any atom is -0.396 e. The van der Waals surface area contributed by atoms with Gasteiger partial charge in [0.1, 0.15) is 0 Å². The van der Waals surface area contributed by atoms with Crippen molar-refractivity contribution in [3.63, 3.8) is 0 Å². The molecule has 1 heteroatoms. The molecule has 0 atom stereocenters. The second-order valence-corrected chi connectivity index (χ2v) is 3.20. The number of aliphatic hydroxyl groups is 1. The molecule has 0 aromatic heterocycles. The van der Waals surface area contributed by atoms with Gasteiger partial charge in [0, 0.05) is 6.61 Å². The van der Waals surface area contributed by atoms with Crippen LogP contribution in [-0.2, 0) is 0 Å². The van der Waals surface area contributed by atoms with Gasteiger partial charge in [-0.25, -0.2) is 0 Å². The van der Waals surface area contributed by atoms with Gasteiger partial charge in [-0.2, -0.15) is 0 Å². The monoisotopic (exact) mass is 204 g/mol. The SMILES string of the molecule is CC.CCC.CCCCCCCCO. The first-order chi connectivity index (χ1) is 6.83. The zero-order valence-corrected chi connectivity index (χ0v) is 11.1. The van der Waals surface area contributed by atoms with E-state index in [1.807, 2.05) is 13.8 Å². The topological polar surface area (TPSA) is 20.2 Å². The predicted octanol–water partition coefficient (Wildman–Crippen LogP) is 4.78. The number of rotatable bonds is 6. The van der Waals surface area contributed by atoms with Crippen molar-refractivity contribution in [1.29, 1.82) is 0 Å². The van der Waals surface area contributed by atoms with E-state index < -0.39 is 0 Å². The molecule has 1 nitrogen and oxygen atoms in total. The molecular formula is C13H32O. The second-order valence-electron chi connectivity index (χ2n) is 3.20. The van der Waals surface area contributed by atoms with E-state index in [0.29, 0.717) is 6.61 Å². The number of aliphatic hydroxyl groups excluding tert-OH is 1. The van der Waals surface area contributed by atoms with E-state index >= 15 is 0 Å². The van der Waals surface area contributed by atoms with E-state index in [4.69, 9.17) is 5.11 Å². The Morgan fingerprint density at radius 1 is 0.714 bits per heavy atom. The first-order valence-corrected chi connectivity index (χ1v) is 6.44. The first kappa shape index (κ1) is 19.5. The second kappa shape index (κ2) is 29.3. The van der Waals surface area contributed by atoms with Crippen molar-refractivity contribution in [2.24, 2.45) is 0 Å². The van der Waals surface area contributed by atoms with E-state index in [9.17, 15) is 0 Å². The summed E-state index contributed by atoms with van der Waals surface area (Å²) in [7, 11) is 0. The molecule has 0 fully saturated rings. The molecule has 0 aliphatic carbocycles. The molecule has 0 radical (unpaired) electrons. The maximum Gasteiger partial charge on any atom is 0.0431 e. The van der Waals surface area contributed by atoms with Gasteiger partial charge in [-0.15, -0.1) is 0 Å². The molecule has 14 heavy (non-hydrogen) atoms. The number of unbranched alkanes of at least 4 members (excludes halogenated alkanes) is 5. The molecule has 0 spiro atoms. The quantitative estimate of drug-likeness (QED) is 0.617. The van der Waals surface area contributed by atoms with Crippen LogP contribution in [0.15, 0.2) is 0 Å². The van der Waals surface area contributed by atoms with Gasteiger partial charge < -0.3 is 5.11 Å². The Balaban J connectivity index is -0.000000205.